The van der Waals surface area contributed by atoms with Gasteiger partial charge in [0.15, 0.2) is 0 Å². The van der Waals surface area contributed by atoms with Gasteiger partial charge < -0.3 is 9.64 Å². The first-order chi connectivity index (χ1) is 12.8. The zero-order chi connectivity index (χ0) is 17.9. The molecular weight excluding hydrogens is 330 g/mol. The Hall–Kier alpha value is -2.96. The summed E-state index contributed by atoms with van der Waals surface area (Å²) >= 11 is 0. The maximum atomic E-state index is 12.8. The molecule has 26 heavy (non-hydrogen) atoms. The number of methoxy groups -OCH3 is 1. The van der Waals surface area contributed by atoms with Crippen LogP contribution in [0.2, 0.25) is 0 Å². The number of carbonyl (C=O) groups excluding carboxylic acids is 1. The van der Waals surface area contributed by atoms with Gasteiger partial charge in [-0.05, 0) is 43.0 Å². The molecule has 1 saturated heterocycles. The van der Waals surface area contributed by atoms with Crippen molar-refractivity contribution in [3.05, 3.63) is 54.1 Å². The average Bonchev–Trinajstić information content (AvgIpc) is 3.35. The molecule has 0 radical (unpaired) electrons. The molecule has 0 aliphatic carbocycles. The second-order valence-electron chi connectivity index (χ2n) is 6.43. The number of ether oxygens (including phenoxy) is 1. The Bertz CT molecular complexity index is 906. The zero-order valence-corrected chi connectivity index (χ0v) is 14.7. The molecule has 0 N–H and O–H groups in total. The lowest BCUT2D eigenvalue weighted by Gasteiger charge is -2.25. The second-order valence-corrected chi connectivity index (χ2v) is 6.43. The van der Waals surface area contributed by atoms with Crippen LogP contribution in [-0.2, 0) is 11.2 Å². The van der Waals surface area contributed by atoms with Crippen LogP contribution < -0.4 is 4.74 Å². The van der Waals surface area contributed by atoms with E-state index in [-0.39, 0.29) is 11.9 Å². The number of likely N-dealkylation sites (tertiary alicyclic amines) is 1. The number of amides is 1. The summed E-state index contributed by atoms with van der Waals surface area (Å²) in [4.78, 5) is 23.2. The lowest BCUT2D eigenvalue weighted by molar-refractivity contribution is -0.132. The van der Waals surface area contributed by atoms with E-state index < -0.39 is 0 Å². The van der Waals surface area contributed by atoms with Gasteiger partial charge in [-0.25, -0.2) is 4.98 Å². The van der Waals surface area contributed by atoms with Crippen LogP contribution >= 0.6 is 0 Å². The summed E-state index contributed by atoms with van der Waals surface area (Å²) in [5.41, 5.74) is 2.11. The highest BCUT2D eigenvalue weighted by molar-refractivity contribution is 5.77. The van der Waals surface area contributed by atoms with E-state index in [4.69, 9.17) is 4.74 Å². The molecule has 2 aromatic heterocycles. The molecule has 1 fully saturated rings. The predicted octanol–water partition coefficient (Wildman–Crippen LogP) is 2.43. The van der Waals surface area contributed by atoms with E-state index in [1.807, 2.05) is 35.2 Å². The highest BCUT2D eigenvalue weighted by Gasteiger charge is 2.31. The van der Waals surface area contributed by atoms with E-state index in [2.05, 4.69) is 15.1 Å². The molecule has 1 amide bonds. The Balaban J connectivity index is 1.47. The van der Waals surface area contributed by atoms with Gasteiger partial charge in [0.25, 0.3) is 5.78 Å². The van der Waals surface area contributed by atoms with Crippen LogP contribution in [0.4, 0.5) is 0 Å². The number of carbonyl (C=O) groups is 1. The Morgan fingerprint density at radius 1 is 1.23 bits per heavy atom. The summed E-state index contributed by atoms with van der Waals surface area (Å²) in [6.07, 6.45) is 6.38. The molecule has 0 unspecified atom stereocenters. The molecule has 4 rings (SSSR count). The molecule has 1 aliphatic rings. The fourth-order valence-corrected chi connectivity index (χ4v) is 3.57. The molecule has 134 valence electrons. The number of benzene rings is 1. The molecule has 1 aliphatic heterocycles. The first-order valence-corrected chi connectivity index (χ1v) is 8.83. The Morgan fingerprint density at radius 3 is 2.88 bits per heavy atom. The maximum absolute atomic E-state index is 12.8. The Labute approximate surface area is 151 Å². The van der Waals surface area contributed by atoms with Gasteiger partial charge in [0.05, 0.1) is 18.8 Å². The highest BCUT2D eigenvalue weighted by atomic mass is 16.5. The molecule has 0 spiro atoms. The average molecular weight is 351 g/mol. The van der Waals surface area contributed by atoms with Gasteiger partial charge in [-0.2, -0.15) is 14.6 Å². The minimum Gasteiger partial charge on any atom is -0.497 e. The van der Waals surface area contributed by atoms with Crippen LogP contribution in [0.3, 0.4) is 0 Å². The monoisotopic (exact) mass is 351 g/mol. The number of nitrogens with zero attached hydrogens (tertiary/aromatic N) is 5. The number of hydrogen-bond acceptors (Lipinski definition) is 5. The van der Waals surface area contributed by atoms with Gasteiger partial charge in [-0.3, -0.25) is 4.79 Å². The molecule has 1 atom stereocenters. The lowest BCUT2D eigenvalue weighted by Crippen LogP contribution is -2.31. The van der Waals surface area contributed by atoms with Crippen LogP contribution in [0.25, 0.3) is 5.78 Å². The zero-order valence-electron chi connectivity index (χ0n) is 14.7. The fraction of sp³-hybridized carbons (Fsp3) is 0.368. The van der Waals surface area contributed by atoms with Crippen molar-refractivity contribution in [3.8, 4) is 5.75 Å². The van der Waals surface area contributed by atoms with Crippen LogP contribution in [0, 0.1) is 0 Å². The summed E-state index contributed by atoms with van der Waals surface area (Å²) in [7, 11) is 1.65. The largest absolute Gasteiger partial charge is 0.497 e. The lowest BCUT2D eigenvalue weighted by atomic mass is 10.1. The van der Waals surface area contributed by atoms with E-state index >= 15 is 0 Å². The number of aryl methyl sites for hydroxylation is 1. The third kappa shape index (κ3) is 3.12. The summed E-state index contributed by atoms with van der Waals surface area (Å²) in [6.45, 7) is 0.782. The minimum absolute atomic E-state index is 0.0329. The van der Waals surface area contributed by atoms with Crippen molar-refractivity contribution in [2.45, 2.75) is 31.7 Å². The van der Waals surface area contributed by atoms with Crippen molar-refractivity contribution in [2.75, 3.05) is 13.7 Å². The van der Waals surface area contributed by atoms with Crippen LogP contribution in [-0.4, -0.2) is 44.0 Å². The third-order valence-corrected chi connectivity index (χ3v) is 4.91. The van der Waals surface area contributed by atoms with Gasteiger partial charge >= 0.3 is 0 Å². The summed E-state index contributed by atoms with van der Waals surface area (Å²) in [6, 6.07) is 9.84. The number of aromatic nitrogens is 4. The number of rotatable bonds is 5. The second kappa shape index (κ2) is 7.11. The van der Waals surface area contributed by atoms with E-state index in [0.717, 1.165) is 42.8 Å². The molecular formula is C19H21N5O2. The molecule has 7 nitrogen and oxygen atoms in total. The van der Waals surface area contributed by atoms with E-state index in [1.54, 1.807) is 17.8 Å². The molecule has 7 heteroatoms. The smallest absolute Gasteiger partial charge is 0.252 e. The summed E-state index contributed by atoms with van der Waals surface area (Å²) < 4.78 is 6.91. The third-order valence-electron chi connectivity index (χ3n) is 4.91. The normalized spacial score (nSPS) is 17.0. The van der Waals surface area contributed by atoms with Crippen molar-refractivity contribution in [2.24, 2.45) is 0 Å². The number of hydrogen-bond donors (Lipinski definition) is 0. The predicted molar refractivity (Wildman–Crippen MR) is 95.8 cm³/mol. The summed E-state index contributed by atoms with van der Waals surface area (Å²) in [5.74, 6) is 1.57. The highest BCUT2D eigenvalue weighted by Crippen LogP contribution is 2.32. The minimum atomic E-state index is 0.0329. The molecule has 3 heterocycles. The Kier molecular flexibility index (Phi) is 4.51. The maximum Gasteiger partial charge on any atom is 0.252 e. The van der Waals surface area contributed by atoms with Crippen LogP contribution in [0.1, 0.15) is 36.6 Å². The first kappa shape index (κ1) is 16.5. The van der Waals surface area contributed by atoms with Gasteiger partial charge in [-0.15, -0.1) is 0 Å². The molecule has 0 bridgehead atoms. The van der Waals surface area contributed by atoms with Crippen LogP contribution in [0.5, 0.6) is 5.75 Å². The SMILES string of the molecule is COc1ccc(CCC(=O)N2CCC[C@@H]2c2ccnc3ncnn23)cc1. The topological polar surface area (TPSA) is 72.6 Å². The molecule has 1 aromatic carbocycles. The van der Waals surface area contributed by atoms with Crippen molar-refractivity contribution < 1.29 is 9.53 Å². The van der Waals surface area contributed by atoms with Crippen molar-refractivity contribution in [1.29, 1.82) is 0 Å². The van der Waals surface area contributed by atoms with Crippen molar-refractivity contribution >= 4 is 11.7 Å². The van der Waals surface area contributed by atoms with Crippen molar-refractivity contribution in [1.82, 2.24) is 24.5 Å². The van der Waals surface area contributed by atoms with Gasteiger partial charge in [0.2, 0.25) is 5.91 Å². The van der Waals surface area contributed by atoms with E-state index in [9.17, 15) is 4.79 Å². The van der Waals surface area contributed by atoms with Gasteiger partial charge in [0, 0.05) is 19.2 Å². The quantitative estimate of drug-likeness (QED) is 0.706. The fourth-order valence-electron chi connectivity index (χ4n) is 3.57. The van der Waals surface area contributed by atoms with Gasteiger partial charge in [-0.1, -0.05) is 12.1 Å². The van der Waals surface area contributed by atoms with Crippen molar-refractivity contribution in [3.63, 3.8) is 0 Å². The molecule has 0 saturated carbocycles. The van der Waals surface area contributed by atoms with Crippen LogP contribution in [0.15, 0.2) is 42.9 Å². The Morgan fingerprint density at radius 2 is 2.08 bits per heavy atom. The van der Waals surface area contributed by atoms with E-state index in [0.29, 0.717) is 12.2 Å². The standard InChI is InChI=1S/C19H21N5O2/c1-26-15-7-4-14(5-8-15)6-9-18(25)23-12-2-3-16(23)17-10-11-20-19-21-13-22-24(17)19/h4-5,7-8,10-11,13,16H,2-3,6,9,12H2,1H3/t16-/m1/s1. The van der Waals surface area contributed by atoms with E-state index in [1.165, 1.54) is 6.33 Å². The first-order valence-electron chi connectivity index (χ1n) is 8.83. The summed E-state index contributed by atoms with van der Waals surface area (Å²) in [5, 5.41) is 4.26. The van der Waals surface area contributed by atoms with Gasteiger partial charge in [0.1, 0.15) is 12.1 Å². The molecule has 3 aromatic rings. The number of fused-ring (bicyclic) bond motifs is 1.